The fourth-order valence-corrected chi connectivity index (χ4v) is 0.286. The second-order valence-corrected chi connectivity index (χ2v) is 1.69. The molecule has 0 saturated heterocycles. The first-order valence-corrected chi connectivity index (χ1v) is 2.49. The SMILES string of the molecule is CN(C)C=CC=CN. The molecule has 0 spiro atoms. The molecule has 0 aromatic heterocycles. The molecule has 46 valence electrons. The summed E-state index contributed by atoms with van der Waals surface area (Å²) in [4.78, 5) is 1.94. The standard InChI is InChI=1S/C6H12N2/c1-8(2)6-4-3-5-7/h3-6H,7H2,1-2H3. The number of allylic oxidation sites excluding steroid dienone is 2. The molecule has 0 fully saturated rings. The molecule has 0 unspecified atom stereocenters. The van der Waals surface area contributed by atoms with Crippen molar-refractivity contribution in [3.05, 3.63) is 24.6 Å². The lowest BCUT2D eigenvalue weighted by Gasteiger charge is -2.00. The summed E-state index contributed by atoms with van der Waals surface area (Å²) in [5.74, 6) is 0. The predicted molar refractivity (Wildman–Crippen MR) is 36.2 cm³/mol. The molecule has 0 aromatic carbocycles. The smallest absolute Gasteiger partial charge is 0.00556 e. The molecule has 0 radical (unpaired) electrons. The van der Waals surface area contributed by atoms with Gasteiger partial charge in [-0.3, -0.25) is 0 Å². The normalized spacial score (nSPS) is 11.2. The maximum absolute atomic E-state index is 5.06. The molecule has 2 heteroatoms. The zero-order valence-electron chi connectivity index (χ0n) is 5.33. The molecule has 0 aromatic rings. The van der Waals surface area contributed by atoms with Gasteiger partial charge in [0.25, 0.3) is 0 Å². The van der Waals surface area contributed by atoms with Crippen molar-refractivity contribution in [3.8, 4) is 0 Å². The van der Waals surface area contributed by atoms with Crippen molar-refractivity contribution in [3.63, 3.8) is 0 Å². The van der Waals surface area contributed by atoms with Crippen LogP contribution in [-0.2, 0) is 0 Å². The molecule has 0 aliphatic rings. The summed E-state index contributed by atoms with van der Waals surface area (Å²) in [7, 11) is 3.92. The zero-order valence-corrected chi connectivity index (χ0v) is 5.33. The summed E-state index contributed by atoms with van der Waals surface area (Å²) in [5, 5.41) is 0. The lowest BCUT2D eigenvalue weighted by molar-refractivity contribution is 0.564. The van der Waals surface area contributed by atoms with Gasteiger partial charge in [-0.2, -0.15) is 0 Å². The van der Waals surface area contributed by atoms with Crippen LogP contribution < -0.4 is 5.73 Å². The monoisotopic (exact) mass is 112 g/mol. The summed E-state index contributed by atoms with van der Waals surface area (Å²) in [6.45, 7) is 0. The van der Waals surface area contributed by atoms with E-state index in [0.29, 0.717) is 0 Å². The van der Waals surface area contributed by atoms with Gasteiger partial charge in [-0.25, -0.2) is 0 Å². The molecule has 2 nitrogen and oxygen atoms in total. The highest BCUT2D eigenvalue weighted by molar-refractivity contribution is 4.99. The van der Waals surface area contributed by atoms with Gasteiger partial charge < -0.3 is 10.6 Å². The number of nitrogens with zero attached hydrogens (tertiary/aromatic N) is 1. The molecule has 0 bridgehead atoms. The van der Waals surface area contributed by atoms with Crippen LogP contribution in [0.4, 0.5) is 0 Å². The van der Waals surface area contributed by atoms with Crippen molar-refractivity contribution in [2.75, 3.05) is 14.1 Å². The fourth-order valence-electron chi connectivity index (χ4n) is 0.286. The van der Waals surface area contributed by atoms with E-state index in [1.165, 1.54) is 6.20 Å². The average molecular weight is 112 g/mol. The number of hydrogen-bond donors (Lipinski definition) is 1. The summed E-state index contributed by atoms with van der Waals surface area (Å²) >= 11 is 0. The topological polar surface area (TPSA) is 29.3 Å². The van der Waals surface area contributed by atoms with Gasteiger partial charge in [0.2, 0.25) is 0 Å². The molecule has 0 aliphatic carbocycles. The molecule has 0 aliphatic heterocycles. The van der Waals surface area contributed by atoms with E-state index >= 15 is 0 Å². The van der Waals surface area contributed by atoms with E-state index in [-0.39, 0.29) is 0 Å². The van der Waals surface area contributed by atoms with Crippen LogP contribution in [0.15, 0.2) is 24.6 Å². The van der Waals surface area contributed by atoms with Crippen LogP contribution in [-0.4, -0.2) is 19.0 Å². The fraction of sp³-hybridized carbons (Fsp3) is 0.333. The molecular weight excluding hydrogens is 100 g/mol. The first-order chi connectivity index (χ1) is 3.77. The summed E-state index contributed by atoms with van der Waals surface area (Å²) in [6.07, 6.45) is 7.07. The average Bonchev–Trinajstić information content (AvgIpc) is 1.66. The minimum Gasteiger partial charge on any atom is -0.405 e. The molecule has 0 rings (SSSR count). The Labute approximate surface area is 50.3 Å². The summed E-state index contributed by atoms with van der Waals surface area (Å²) in [5.41, 5.74) is 5.06. The van der Waals surface area contributed by atoms with Gasteiger partial charge in [0.15, 0.2) is 0 Å². The Bertz CT molecular complexity index is 92.7. The highest BCUT2D eigenvalue weighted by Gasteiger charge is 1.68. The van der Waals surface area contributed by atoms with Crippen molar-refractivity contribution in [1.29, 1.82) is 0 Å². The van der Waals surface area contributed by atoms with Crippen molar-refractivity contribution in [2.45, 2.75) is 0 Å². The Morgan fingerprint density at radius 1 is 1.25 bits per heavy atom. The summed E-state index contributed by atoms with van der Waals surface area (Å²) < 4.78 is 0. The minimum atomic E-state index is 1.50. The van der Waals surface area contributed by atoms with E-state index < -0.39 is 0 Å². The Morgan fingerprint density at radius 3 is 2.25 bits per heavy atom. The van der Waals surface area contributed by atoms with E-state index in [0.717, 1.165) is 0 Å². The van der Waals surface area contributed by atoms with Gasteiger partial charge in [0.1, 0.15) is 0 Å². The lowest BCUT2D eigenvalue weighted by atomic mass is 10.5. The number of hydrogen-bond acceptors (Lipinski definition) is 2. The largest absolute Gasteiger partial charge is 0.405 e. The van der Waals surface area contributed by atoms with Gasteiger partial charge in [-0.05, 0) is 24.6 Å². The minimum absolute atomic E-state index is 1.50. The van der Waals surface area contributed by atoms with Gasteiger partial charge in [-0.1, -0.05) is 0 Å². The number of nitrogens with two attached hydrogens (primary N) is 1. The molecule has 8 heavy (non-hydrogen) atoms. The lowest BCUT2D eigenvalue weighted by Crippen LogP contribution is -1.99. The van der Waals surface area contributed by atoms with E-state index in [2.05, 4.69) is 0 Å². The van der Waals surface area contributed by atoms with Gasteiger partial charge >= 0.3 is 0 Å². The van der Waals surface area contributed by atoms with E-state index in [1.807, 2.05) is 31.3 Å². The van der Waals surface area contributed by atoms with Crippen LogP contribution in [0.1, 0.15) is 0 Å². The molecule has 2 N–H and O–H groups in total. The highest BCUT2D eigenvalue weighted by atomic mass is 15.0. The van der Waals surface area contributed by atoms with Crippen LogP contribution in [0.25, 0.3) is 0 Å². The van der Waals surface area contributed by atoms with Crippen molar-refractivity contribution in [1.82, 2.24) is 4.90 Å². The van der Waals surface area contributed by atoms with Gasteiger partial charge in [0.05, 0.1) is 0 Å². The van der Waals surface area contributed by atoms with Crippen LogP contribution in [0.2, 0.25) is 0 Å². The van der Waals surface area contributed by atoms with Crippen LogP contribution in [0, 0.1) is 0 Å². The molecular formula is C6H12N2. The van der Waals surface area contributed by atoms with Crippen LogP contribution in [0.5, 0.6) is 0 Å². The van der Waals surface area contributed by atoms with Gasteiger partial charge in [0, 0.05) is 14.1 Å². The third-order valence-corrected chi connectivity index (χ3v) is 0.606. The van der Waals surface area contributed by atoms with Crippen LogP contribution >= 0.6 is 0 Å². The predicted octanol–water partition coefficient (Wildman–Crippen LogP) is 0.534. The van der Waals surface area contributed by atoms with E-state index in [4.69, 9.17) is 5.73 Å². The Hall–Kier alpha value is -0.920. The zero-order chi connectivity index (χ0) is 6.41. The van der Waals surface area contributed by atoms with E-state index in [9.17, 15) is 0 Å². The maximum atomic E-state index is 5.06. The Kier molecular flexibility index (Phi) is 3.76. The van der Waals surface area contributed by atoms with Crippen molar-refractivity contribution >= 4 is 0 Å². The summed E-state index contributed by atoms with van der Waals surface area (Å²) in [6, 6.07) is 0. The molecule has 0 saturated carbocycles. The second kappa shape index (κ2) is 4.24. The molecule has 0 amide bonds. The first-order valence-electron chi connectivity index (χ1n) is 2.49. The Balaban J connectivity index is 3.34. The second-order valence-electron chi connectivity index (χ2n) is 1.69. The first kappa shape index (κ1) is 7.08. The third-order valence-electron chi connectivity index (χ3n) is 0.606. The highest BCUT2D eigenvalue weighted by Crippen LogP contribution is 1.76. The quantitative estimate of drug-likeness (QED) is 0.528. The molecule has 0 atom stereocenters. The van der Waals surface area contributed by atoms with Crippen LogP contribution in [0.3, 0.4) is 0 Å². The molecule has 0 heterocycles. The number of rotatable bonds is 2. The maximum Gasteiger partial charge on any atom is 0.00556 e. The third kappa shape index (κ3) is 5.08. The Morgan fingerprint density at radius 2 is 1.88 bits per heavy atom. The van der Waals surface area contributed by atoms with Crippen molar-refractivity contribution in [2.24, 2.45) is 5.73 Å². The van der Waals surface area contributed by atoms with Crippen molar-refractivity contribution < 1.29 is 0 Å². The van der Waals surface area contributed by atoms with E-state index in [1.54, 1.807) is 6.08 Å². The van der Waals surface area contributed by atoms with Gasteiger partial charge in [-0.15, -0.1) is 0 Å².